The zero-order chi connectivity index (χ0) is 14.8. The highest BCUT2D eigenvalue weighted by Gasteiger charge is 2.23. The first-order chi connectivity index (χ1) is 9.45. The summed E-state index contributed by atoms with van der Waals surface area (Å²) < 4.78 is 28.8. The predicted molar refractivity (Wildman–Crippen MR) is 78.9 cm³/mol. The van der Waals surface area contributed by atoms with Gasteiger partial charge in [-0.1, -0.05) is 37.3 Å². The van der Waals surface area contributed by atoms with Crippen LogP contribution in [-0.4, -0.2) is 24.7 Å². The largest absolute Gasteiger partial charge is 0.268 e. The molecule has 0 amide bonds. The molecule has 0 fully saturated rings. The van der Waals surface area contributed by atoms with Crippen molar-refractivity contribution in [3.05, 3.63) is 36.5 Å². The van der Waals surface area contributed by atoms with Gasteiger partial charge in [0.2, 0.25) is 10.0 Å². The van der Waals surface area contributed by atoms with Crippen molar-refractivity contribution in [2.24, 2.45) is 0 Å². The van der Waals surface area contributed by atoms with E-state index >= 15 is 0 Å². The molecule has 0 unspecified atom stereocenters. The Bertz CT molecular complexity index is 676. The minimum absolute atomic E-state index is 0.100. The highest BCUT2D eigenvalue weighted by Crippen LogP contribution is 2.26. The average molecular weight is 293 g/mol. The molecule has 0 spiro atoms. The van der Waals surface area contributed by atoms with Gasteiger partial charge in [-0.3, -0.25) is 4.68 Å². The van der Waals surface area contributed by atoms with E-state index in [9.17, 15) is 8.42 Å². The second kappa shape index (κ2) is 5.76. The first-order valence-electron chi connectivity index (χ1n) is 6.60. The third-order valence-corrected chi connectivity index (χ3v) is 4.45. The third kappa shape index (κ3) is 2.91. The van der Waals surface area contributed by atoms with Crippen molar-refractivity contribution in [1.82, 2.24) is 14.5 Å². The van der Waals surface area contributed by atoms with Gasteiger partial charge in [-0.25, -0.2) is 13.1 Å². The van der Waals surface area contributed by atoms with Gasteiger partial charge in [0, 0.05) is 24.3 Å². The molecule has 2 rings (SSSR count). The number of benzene rings is 1. The third-order valence-electron chi connectivity index (χ3n) is 2.90. The summed E-state index contributed by atoms with van der Waals surface area (Å²) >= 11 is 0. The Hall–Kier alpha value is -1.66. The van der Waals surface area contributed by atoms with Crippen LogP contribution in [0.3, 0.4) is 0 Å². The molecule has 108 valence electrons. The minimum atomic E-state index is -3.54. The van der Waals surface area contributed by atoms with Crippen molar-refractivity contribution >= 4 is 10.0 Å². The first kappa shape index (κ1) is 14.7. The van der Waals surface area contributed by atoms with E-state index in [0.29, 0.717) is 12.2 Å². The molecule has 2 aromatic rings. The summed E-state index contributed by atoms with van der Waals surface area (Å²) in [6.07, 6.45) is 1.59. The van der Waals surface area contributed by atoms with Crippen LogP contribution in [0.5, 0.6) is 0 Å². The molecule has 0 aliphatic carbocycles. The molecule has 0 aliphatic heterocycles. The van der Waals surface area contributed by atoms with Crippen molar-refractivity contribution in [2.75, 3.05) is 6.54 Å². The van der Waals surface area contributed by atoms with Crippen LogP contribution in [0.15, 0.2) is 41.4 Å². The van der Waals surface area contributed by atoms with Crippen molar-refractivity contribution in [1.29, 1.82) is 0 Å². The van der Waals surface area contributed by atoms with E-state index in [0.717, 1.165) is 5.56 Å². The summed E-state index contributed by atoms with van der Waals surface area (Å²) in [6.45, 7) is 6.03. The molecule has 0 radical (unpaired) electrons. The number of hydrogen-bond donors (Lipinski definition) is 1. The number of nitrogens with one attached hydrogen (secondary N) is 1. The van der Waals surface area contributed by atoms with Crippen LogP contribution < -0.4 is 4.72 Å². The van der Waals surface area contributed by atoms with Crippen LogP contribution in [0.25, 0.3) is 11.3 Å². The first-order valence-corrected chi connectivity index (χ1v) is 8.08. The van der Waals surface area contributed by atoms with E-state index < -0.39 is 10.0 Å². The molecule has 0 atom stereocenters. The summed E-state index contributed by atoms with van der Waals surface area (Å²) in [4.78, 5) is 0.222. The standard InChI is InChI=1S/C14H19N3O2S/c1-4-15-20(18,19)13-10-17(11(2)3)16-14(13)12-8-6-5-7-9-12/h5-11,15H,4H2,1-3H3. The molecule has 0 saturated heterocycles. The highest BCUT2D eigenvalue weighted by molar-refractivity contribution is 7.89. The summed E-state index contributed by atoms with van der Waals surface area (Å²) in [5.74, 6) is 0. The lowest BCUT2D eigenvalue weighted by Gasteiger charge is -2.04. The second-order valence-corrected chi connectivity index (χ2v) is 6.52. The van der Waals surface area contributed by atoms with Gasteiger partial charge in [-0.2, -0.15) is 5.10 Å². The quantitative estimate of drug-likeness (QED) is 0.921. The van der Waals surface area contributed by atoms with Crippen molar-refractivity contribution in [2.45, 2.75) is 31.7 Å². The van der Waals surface area contributed by atoms with Crippen LogP contribution in [0, 0.1) is 0 Å². The molecule has 5 nitrogen and oxygen atoms in total. The number of aromatic nitrogens is 2. The van der Waals surface area contributed by atoms with Gasteiger partial charge in [0.15, 0.2) is 0 Å². The van der Waals surface area contributed by atoms with Gasteiger partial charge in [0.05, 0.1) is 0 Å². The Morgan fingerprint density at radius 1 is 1.25 bits per heavy atom. The normalized spacial score (nSPS) is 12.0. The maximum Gasteiger partial charge on any atom is 0.244 e. The Morgan fingerprint density at radius 2 is 1.90 bits per heavy atom. The van der Waals surface area contributed by atoms with E-state index in [1.807, 2.05) is 44.2 Å². The van der Waals surface area contributed by atoms with Crippen molar-refractivity contribution in [3.8, 4) is 11.3 Å². The van der Waals surface area contributed by atoms with Crippen LogP contribution in [0.2, 0.25) is 0 Å². The number of hydrogen-bond acceptors (Lipinski definition) is 3. The van der Waals surface area contributed by atoms with Gasteiger partial charge >= 0.3 is 0 Å². The van der Waals surface area contributed by atoms with E-state index in [-0.39, 0.29) is 10.9 Å². The summed E-state index contributed by atoms with van der Waals surface area (Å²) in [5, 5.41) is 4.43. The Kier molecular flexibility index (Phi) is 4.25. The maximum atomic E-state index is 12.3. The van der Waals surface area contributed by atoms with E-state index in [1.54, 1.807) is 17.8 Å². The van der Waals surface area contributed by atoms with E-state index in [1.165, 1.54) is 0 Å². The molecule has 1 N–H and O–H groups in total. The zero-order valence-electron chi connectivity index (χ0n) is 11.9. The lowest BCUT2D eigenvalue weighted by Crippen LogP contribution is -2.23. The number of sulfonamides is 1. The number of rotatable bonds is 5. The monoisotopic (exact) mass is 293 g/mol. The second-order valence-electron chi connectivity index (χ2n) is 4.78. The summed E-state index contributed by atoms with van der Waals surface area (Å²) in [6, 6.07) is 9.45. The molecule has 1 aromatic heterocycles. The Labute approximate surface area is 119 Å². The molecular formula is C14H19N3O2S. The van der Waals surface area contributed by atoms with Crippen molar-refractivity contribution in [3.63, 3.8) is 0 Å². The zero-order valence-corrected chi connectivity index (χ0v) is 12.7. The molecule has 0 aliphatic rings. The fourth-order valence-electron chi connectivity index (χ4n) is 1.90. The fourth-order valence-corrected chi connectivity index (χ4v) is 3.10. The highest BCUT2D eigenvalue weighted by atomic mass is 32.2. The molecule has 20 heavy (non-hydrogen) atoms. The maximum absolute atomic E-state index is 12.3. The van der Waals surface area contributed by atoms with Gasteiger partial charge in [0.1, 0.15) is 10.6 Å². The SMILES string of the molecule is CCNS(=O)(=O)c1cn(C(C)C)nc1-c1ccccc1. The minimum Gasteiger partial charge on any atom is -0.268 e. The van der Waals surface area contributed by atoms with Gasteiger partial charge in [-0.15, -0.1) is 0 Å². The Balaban J connectivity index is 2.61. The molecule has 0 saturated carbocycles. The van der Waals surface area contributed by atoms with Crippen LogP contribution >= 0.6 is 0 Å². The van der Waals surface area contributed by atoms with E-state index in [2.05, 4.69) is 9.82 Å². The summed E-state index contributed by atoms with van der Waals surface area (Å²) in [7, 11) is -3.54. The molecule has 6 heteroatoms. The van der Waals surface area contributed by atoms with Crippen LogP contribution in [0.1, 0.15) is 26.8 Å². The molecule has 0 bridgehead atoms. The van der Waals surface area contributed by atoms with Gasteiger partial charge in [-0.05, 0) is 13.8 Å². The number of nitrogens with zero attached hydrogens (tertiary/aromatic N) is 2. The van der Waals surface area contributed by atoms with Crippen LogP contribution in [-0.2, 0) is 10.0 Å². The lowest BCUT2D eigenvalue weighted by atomic mass is 10.2. The van der Waals surface area contributed by atoms with Crippen LogP contribution in [0.4, 0.5) is 0 Å². The average Bonchev–Trinajstić information content (AvgIpc) is 2.85. The Morgan fingerprint density at radius 3 is 2.45 bits per heavy atom. The fraction of sp³-hybridized carbons (Fsp3) is 0.357. The predicted octanol–water partition coefficient (Wildman–Crippen LogP) is 2.43. The van der Waals surface area contributed by atoms with Gasteiger partial charge < -0.3 is 0 Å². The van der Waals surface area contributed by atoms with Gasteiger partial charge in [0.25, 0.3) is 0 Å². The lowest BCUT2D eigenvalue weighted by molar-refractivity contribution is 0.532. The molecular weight excluding hydrogens is 274 g/mol. The van der Waals surface area contributed by atoms with Crippen molar-refractivity contribution < 1.29 is 8.42 Å². The molecule has 1 aromatic carbocycles. The summed E-state index contributed by atoms with van der Waals surface area (Å²) in [5.41, 5.74) is 1.28. The van der Waals surface area contributed by atoms with E-state index in [4.69, 9.17) is 0 Å². The molecule has 1 heterocycles. The smallest absolute Gasteiger partial charge is 0.244 e. The topological polar surface area (TPSA) is 64.0 Å².